The van der Waals surface area contributed by atoms with Crippen LogP contribution < -0.4 is 16.4 Å². The van der Waals surface area contributed by atoms with Crippen LogP contribution >= 0.6 is 0 Å². The lowest BCUT2D eigenvalue weighted by Crippen LogP contribution is -2.52. The molecule has 5 nitrogen and oxygen atoms in total. The summed E-state index contributed by atoms with van der Waals surface area (Å²) in [6, 6.07) is -0.770. The third-order valence-electron chi connectivity index (χ3n) is 2.87. The zero-order chi connectivity index (χ0) is 10.6. The summed E-state index contributed by atoms with van der Waals surface area (Å²) in [6.45, 7) is 3.52. The van der Waals surface area contributed by atoms with E-state index in [-0.39, 0.29) is 5.91 Å². The first-order valence-electron chi connectivity index (χ1n) is 4.92. The first-order valence-corrected chi connectivity index (χ1v) is 4.92. The first-order chi connectivity index (χ1) is 6.60. The Kier molecular flexibility index (Phi) is 3.46. The molecule has 5 heteroatoms. The van der Waals surface area contributed by atoms with E-state index in [4.69, 9.17) is 5.73 Å². The topological polar surface area (TPSA) is 84.2 Å². The number of piperidine rings is 1. The summed E-state index contributed by atoms with van der Waals surface area (Å²) in [5.41, 5.74) is 4.47. The van der Waals surface area contributed by atoms with Crippen LogP contribution in [0.2, 0.25) is 0 Å². The van der Waals surface area contributed by atoms with Gasteiger partial charge in [-0.1, -0.05) is 6.92 Å². The van der Waals surface area contributed by atoms with Crippen LogP contribution in [0.5, 0.6) is 0 Å². The number of hydrogen-bond donors (Lipinski definition) is 3. The minimum Gasteiger partial charge on any atom is -0.351 e. The third kappa shape index (κ3) is 2.23. The molecule has 4 N–H and O–H groups in total. The third-order valence-corrected chi connectivity index (χ3v) is 2.87. The van der Waals surface area contributed by atoms with Crippen LogP contribution in [-0.4, -0.2) is 25.0 Å². The van der Waals surface area contributed by atoms with E-state index in [0.717, 1.165) is 25.8 Å². The second kappa shape index (κ2) is 4.41. The van der Waals surface area contributed by atoms with Crippen molar-refractivity contribution < 1.29 is 9.59 Å². The number of hydrogen-bond acceptors (Lipinski definition) is 3. The van der Waals surface area contributed by atoms with E-state index in [2.05, 4.69) is 10.6 Å². The summed E-state index contributed by atoms with van der Waals surface area (Å²) in [5, 5.41) is 5.33. The predicted octanol–water partition coefficient (Wildman–Crippen LogP) is -0.0389. The quantitative estimate of drug-likeness (QED) is 0.583. The average molecular weight is 199 g/mol. The number of amides is 3. The highest BCUT2D eigenvalue weighted by Crippen LogP contribution is 2.29. The molecule has 3 amide bonds. The SMILES string of the molecule is CCC1(C(=O)NC(N)=O)CCCNC1. The van der Waals surface area contributed by atoms with Crippen LogP contribution in [0.3, 0.4) is 0 Å². The molecule has 14 heavy (non-hydrogen) atoms. The average Bonchev–Trinajstić information content (AvgIpc) is 2.18. The fourth-order valence-electron chi connectivity index (χ4n) is 1.87. The summed E-state index contributed by atoms with van der Waals surface area (Å²) in [7, 11) is 0. The number of carbonyl (C=O) groups is 2. The molecule has 1 rings (SSSR count). The van der Waals surface area contributed by atoms with Gasteiger partial charge in [0.25, 0.3) is 0 Å². The Morgan fingerprint density at radius 1 is 1.57 bits per heavy atom. The van der Waals surface area contributed by atoms with Crippen molar-refractivity contribution in [3.05, 3.63) is 0 Å². The van der Waals surface area contributed by atoms with Crippen LogP contribution in [0.1, 0.15) is 26.2 Å². The predicted molar refractivity (Wildman–Crippen MR) is 52.6 cm³/mol. The molecule has 1 saturated heterocycles. The standard InChI is InChI=1S/C9H17N3O2/c1-2-9(4-3-5-11-6-9)7(13)12-8(10)14/h11H,2-6H2,1H3,(H3,10,12,13,14). The maximum absolute atomic E-state index is 11.7. The monoisotopic (exact) mass is 199 g/mol. The van der Waals surface area contributed by atoms with Crippen molar-refractivity contribution in [1.29, 1.82) is 0 Å². The fourth-order valence-corrected chi connectivity index (χ4v) is 1.87. The lowest BCUT2D eigenvalue weighted by atomic mass is 9.77. The van der Waals surface area contributed by atoms with Crippen molar-refractivity contribution in [1.82, 2.24) is 10.6 Å². The number of primary amides is 1. The maximum atomic E-state index is 11.7. The maximum Gasteiger partial charge on any atom is 0.318 e. The lowest BCUT2D eigenvalue weighted by molar-refractivity contribution is -0.131. The molecule has 1 unspecified atom stereocenters. The number of nitrogens with one attached hydrogen (secondary N) is 2. The zero-order valence-electron chi connectivity index (χ0n) is 8.43. The molecular formula is C9H17N3O2. The minimum absolute atomic E-state index is 0.250. The van der Waals surface area contributed by atoms with E-state index in [9.17, 15) is 9.59 Å². The van der Waals surface area contributed by atoms with Gasteiger partial charge in [0.1, 0.15) is 0 Å². The molecule has 0 aromatic carbocycles. The highest BCUT2D eigenvalue weighted by molar-refractivity contribution is 5.96. The number of nitrogens with two attached hydrogens (primary N) is 1. The van der Waals surface area contributed by atoms with E-state index >= 15 is 0 Å². The van der Waals surface area contributed by atoms with Crippen LogP contribution in [0.4, 0.5) is 4.79 Å². The van der Waals surface area contributed by atoms with Gasteiger partial charge in [-0.15, -0.1) is 0 Å². The second-order valence-corrected chi connectivity index (χ2v) is 3.73. The van der Waals surface area contributed by atoms with E-state index in [1.165, 1.54) is 0 Å². The summed E-state index contributed by atoms with van der Waals surface area (Å²) in [4.78, 5) is 22.3. The highest BCUT2D eigenvalue weighted by atomic mass is 16.2. The van der Waals surface area contributed by atoms with Gasteiger partial charge in [0, 0.05) is 6.54 Å². The van der Waals surface area contributed by atoms with Crippen LogP contribution in [-0.2, 0) is 4.79 Å². The molecule has 0 aromatic rings. The van der Waals surface area contributed by atoms with Crippen LogP contribution in [0, 0.1) is 5.41 Å². The van der Waals surface area contributed by atoms with Gasteiger partial charge >= 0.3 is 6.03 Å². The van der Waals surface area contributed by atoms with Gasteiger partial charge in [0.2, 0.25) is 5.91 Å². The minimum atomic E-state index is -0.770. The molecule has 0 aromatic heterocycles. The van der Waals surface area contributed by atoms with Crippen molar-refractivity contribution >= 4 is 11.9 Å². The van der Waals surface area contributed by atoms with Gasteiger partial charge in [-0.05, 0) is 25.8 Å². The normalized spacial score (nSPS) is 26.9. The van der Waals surface area contributed by atoms with Crippen molar-refractivity contribution in [2.24, 2.45) is 11.1 Å². The molecule has 0 radical (unpaired) electrons. The van der Waals surface area contributed by atoms with Crippen molar-refractivity contribution in [3.8, 4) is 0 Å². The zero-order valence-corrected chi connectivity index (χ0v) is 8.43. The molecule has 0 saturated carbocycles. The molecule has 80 valence electrons. The molecule has 0 bridgehead atoms. The summed E-state index contributed by atoms with van der Waals surface area (Å²) >= 11 is 0. The molecular weight excluding hydrogens is 182 g/mol. The van der Waals surface area contributed by atoms with Crippen molar-refractivity contribution in [2.75, 3.05) is 13.1 Å². The Hall–Kier alpha value is -1.10. The van der Waals surface area contributed by atoms with Gasteiger partial charge in [-0.3, -0.25) is 10.1 Å². The van der Waals surface area contributed by atoms with Crippen LogP contribution in [0.15, 0.2) is 0 Å². The second-order valence-electron chi connectivity index (χ2n) is 3.73. The number of urea groups is 1. The Morgan fingerprint density at radius 3 is 2.71 bits per heavy atom. The Balaban J connectivity index is 2.67. The molecule has 0 spiro atoms. The summed E-state index contributed by atoms with van der Waals surface area (Å²) in [6.07, 6.45) is 2.49. The molecule has 1 atom stereocenters. The molecule has 1 heterocycles. The number of imide groups is 1. The smallest absolute Gasteiger partial charge is 0.318 e. The summed E-state index contributed by atoms with van der Waals surface area (Å²) < 4.78 is 0. The van der Waals surface area contributed by atoms with Gasteiger partial charge in [0.15, 0.2) is 0 Å². The molecule has 1 fully saturated rings. The van der Waals surface area contributed by atoms with E-state index in [0.29, 0.717) is 6.54 Å². The lowest BCUT2D eigenvalue weighted by Gasteiger charge is -2.34. The van der Waals surface area contributed by atoms with E-state index < -0.39 is 11.4 Å². The van der Waals surface area contributed by atoms with Crippen molar-refractivity contribution in [2.45, 2.75) is 26.2 Å². The Morgan fingerprint density at radius 2 is 2.29 bits per heavy atom. The highest BCUT2D eigenvalue weighted by Gasteiger charge is 2.38. The van der Waals surface area contributed by atoms with Crippen LogP contribution in [0.25, 0.3) is 0 Å². The van der Waals surface area contributed by atoms with Gasteiger partial charge < -0.3 is 11.1 Å². The van der Waals surface area contributed by atoms with Gasteiger partial charge in [-0.25, -0.2) is 4.79 Å². The molecule has 1 aliphatic heterocycles. The Labute approximate surface area is 83.4 Å². The number of rotatable bonds is 2. The first kappa shape index (κ1) is 11.0. The van der Waals surface area contributed by atoms with Crippen molar-refractivity contribution in [3.63, 3.8) is 0 Å². The molecule has 0 aliphatic carbocycles. The number of carbonyl (C=O) groups excluding carboxylic acids is 2. The van der Waals surface area contributed by atoms with E-state index in [1.54, 1.807) is 0 Å². The molecule has 1 aliphatic rings. The summed E-state index contributed by atoms with van der Waals surface area (Å²) in [5.74, 6) is -0.250. The fraction of sp³-hybridized carbons (Fsp3) is 0.778. The largest absolute Gasteiger partial charge is 0.351 e. The van der Waals surface area contributed by atoms with E-state index in [1.807, 2.05) is 6.92 Å². The van der Waals surface area contributed by atoms with Gasteiger partial charge in [-0.2, -0.15) is 0 Å². The van der Waals surface area contributed by atoms with Gasteiger partial charge in [0.05, 0.1) is 5.41 Å². The Bertz CT molecular complexity index is 234.